The fourth-order valence-corrected chi connectivity index (χ4v) is 3.79. The van der Waals surface area contributed by atoms with Gasteiger partial charge >= 0.3 is 0 Å². The Balaban J connectivity index is 0.00000264. The Bertz CT molecular complexity index is 480. The molecule has 1 aromatic rings. The van der Waals surface area contributed by atoms with E-state index < -0.39 is 0 Å². The first-order valence-corrected chi connectivity index (χ1v) is 9.05. The van der Waals surface area contributed by atoms with Crippen molar-refractivity contribution in [1.82, 2.24) is 10.2 Å². The summed E-state index contributed by atoms with van der Waals surface area (Å²) in [7, 11) is 3.90. The number of nitrogens with zero attached hydrogens (tertiary/aromatic N) is 2. The van der Waals surface area contributed by atoms with Crippen LogP contribution >= 0.6 is 35.3 Å². The lowest BCUT2D eigenvalue weighted by Gasteiger charge is -2.39. The molecule has 0 bridgehead atoms. The second-order valence-electron chi connectivity index (χ2n) is 6.57. The molecule has 2 atom stereocenters. The first kappa shape index (κ1) is 20.7. The molecule has 1 saturated carbocycles. The van der Waals surface area contributed by atoms with Crippen molar-refractivity contribution in [2.24, 2.45) is 10.4 Å². The second kappa shape index (κ2) is 9.84. The number of hydrogen-bond donors (Lipinski definition) is 2. The smallest absolute Gasteiger partial charge is 0.193 e. The number of halogens is 1. The van der Waals surface area contributed by atoms with Crippen LogP contribution in [-0.4, -0.2) is 49.3 Å². The van der Waals surface area contributed by atoms with Gasteiger partial charge in [-0.2, -0.15) is 0 Å². The maximum atomic E-state index is 10.3. The summed E-state index contributed by atoms with van der Waals surface area (Å²) in [6.45, 7) is 3.91. The molecule has 1 aromatic heterocycles. The summed E-state index contributed by atoms with van der Waals surface area (Å²) >= 11 is 1.80. The average Bonchev–Trinajstić information content (AvgIpc) is 3.02. The average molecular weight is 451 g/mol. The number of aliphatic imine (C=N–C) groups is 1. The molecule has 0 radical (unpaired) electrons. The van der Waals surface area contributed by atoms with E-state index in [1.165, 1.54) is 11.3 Å². The highest BCUT2D eigenvalue weighted by Gasteiger charge is 2.35. The number of thiophene rings is 1. The van der Waals surface area contributed by atoms with E-state index in [1.54, 1.807) is 11.3 Å². The third-order valence-corrected chi connectivity index (χ3v) is 5.71. The van der Waals surface area contributed by atoms with E-state index in [2.05, 4.69) is 46.7 Å². The van der Waals surface area contributed by atoms with Crippen molar-refractivity contribution < 1.29 is 5.11 Å². The van der Waals surface area contributed by atoms with Gasteiger partial charge in [0.1, 0.15) is 0 Å². The van der Waals surface area contributed by atoms with Crippen molar-refractivity contribution in [2.75, 3.05) is 27.2 Å². The van der Waals surface area contributed by atoms with Crippen LogP contribution in [0.2, 0.25) is 0 Å². The van der Waals surface area contributed by atoms with Crippen molar-refractivity contribution in [2.45, 2.75) is 45.1 Å². The molecule has 6 heteroatoms. The van der Waals surface area contributed by atoms with E-state index in [4.69, 9.17) is 0 Å². The van der Waals surface area contributed by atoms with Crippen LogP contribution in [0.15, 0.2) is 22.5 Å². The van der Waals surface area contributed by atoms with Gasteiger partial charge in [0.25, 0.3) is 0 Å². The quantitative estimate of drug-likeness (QED) is 0.410. The molecular formula is C17H30IN3OS. The van der Waals surface area contributed by atoms with Crippen LogP contribution in [0.3, 0.4) is 0 Å². The molecule has 1 aliphatic carbocycles. The Morgan fingerprint density at radius 1 is 1.52 bits per heavy atom. The van der Waals surface area contributed by atoms with Gasteiger partial charge in [0.05, 0.1) is 6.10 Å². The minimum absolute atomic E-state index is 0. The molecule has 4 nitrogen and oxygen atoms in total. The van der Waals surface area contributed by atoms with Gasteiger partial charge in [-0.3, -0.25) is 4.99 Å². The molecule has 132 valence electrons. The largest absolute Gasteiger partial charge is 0.392 e. The lowest BCUT2D eigenvalue weighted by molar-refractivity contribution is 0.00371. The van der Waals surface area contributed by atoms with E-state index >= 15 is 0 Å². The highest BCUT2D eigenvalue weighted by Crippen LogP contribution is 2.35. The Morgan fingerprint density at radius 3 is 2.91 bits per heavy atom. The lowest BCUT2D eigenvalue weighted by atomic mass is 9.73. The highest BCUT2D eigenvalue weighted by molar-refractivity contribution is 14.0. The van der Waals surface area contributed by atoms with Crippen molar-refractivity contribution >= 4 is 41.3 Å². The van der Waals surface area contributed by atoms with Crippen LogP contribution in [0.1, 0.15) is 37.5 Å². The maximum Gasteiger partial charge on any atom is 0.193 e. The third kappa shape index (κ3) is 5.90. The summed E-state index contributed by atoms with van der Waals surface area (Å²) in [6.07, 6.45) is 5.19. The van der Waals surface area contributed by atoms with E-state index in [0.717, 1.165) is 44.7 Å². The van der Waals surface area contributed by atoms with Gasteiger partial charge in [-0.25, -0.2) is 0 Å². The van der Waals surface area contributed by atoms with Crippen LogP contribution in [0.5, 0.6) is 0 Å². The number of aliphatic hydroxyl groups excluding tert-OH is 1. The van der Waals surface area contributed by atoms with Crippen molar-refractivity contribution in [1.29, 1.82) is 0 Å². The highest BCUT2D eigenvalue weighted by atomic mass is 127. The molecule has 2 unspecified atom stereocenters. The van der Waals surface area contributed by atoms with Crippen LogP contribution < -0.4 is 5.32 Å². The number of likely N-dealkylation sites (N-methyl/N-ethyl adjacent to an activating group) is 1. The van der Waals surface area contributed by atoms with Crippen molar-refractivity contribution in [3.8, 4) is 0 Å². The maximum absolute atomic E-state index is 10.3. The summed E-state index contributed by atoms with van der Waals surface area (Å²) in [5.74, 6) is 0.913. The first-order chi connectivity index (χ1) is 10.5. The van der Waals surface area contributed by atoms with Crippen LogP contribution in [-0.2, 0) is 6.42 Å². The van der Waals surface area contributed by atoms with E-state index in [9.17, 15) is 5.11 Å². The normalized spacial score (nSPS) is 24.9. The Kier molecular flexibility index (Phi) is 8.85. The second-order valence-corrected chi connectivity index (χ2v) is 7.60. The van der Waals surface area contributed by atoms with Gasteiger partial charge in [-0.1, -0.05) is 25.8 Å². The number of nitrogens with one attached hydrogen (secondary N) is 1. The number of rotatable bonds is 5. The fourth-order valence-electron chi connectivity index (χ4n) is 3.09. The van der Waals surface area contributed by atoms with E-state index in [-0.39, 0.29) is 35.5 Å². The summed E-state index contributed by atoms with van der Waals surface area (Å²) in [5, 5.41) is 15.9. The molecule has 0 aliphatic heterocycles. The fraction of sp³-hybridized carbons (Fsp3) is 0.706. The zero-order valence-electron chi connectivity index (χ0n) is 14.4. The third-order valence-electron chi connectivity index (χ3n) is 4.78. The molecule has 0 spiro atoms. The minimum Gasteiger partial charge on any atom is -0.392 e. The number of hydrogen-bond acceptors (Lipinski definition) is 3. The zero-order chi connectivity index (χ0) is 16.0. The molecule has 1 fully saturated rings. The molecule has 0 saturated heterocycles. The van der Waals surface area contributed by atoms with Crippen LogP contribution in [0.4, 0.5) is 0 Å². The van der Waals surface area contributed by atoms with Gasteiger partial charge in [-0.05, 0) is 30.7 Å². The molecule has 0 amide bonds. The topological polar surface area (TPSA) is 47.9 Å². The predicted octanol–water partition coefficient (Wildman–Crippen LogP) is 3.36. The van der Waals surface area contributed by atoms with Gasteiger partial charge in [0.2, 0.25) is 0 Å². The van der Waals surface area contributed by atoms with Gasteiger partial charge < -0.3 is 15.3 Å². The summed E-state index contributed by atoms with van der Waals surface area (Å²) in [5.41, 5.74) is -0.0389. The molecule has 0 aromatic carbocycles. The Morgan fingerprint density at radius 2 is 2.30 bits per heavy atom. The van der Waals surface area contributed by atoms with Gasteiger partial charge in [0, 0.05) is 37.5 Å². The van der Waals surface area contributed by atoms with Gasteiger partial charge in [-0.15, -0.1) is 35.3 Å². The Hall–Kier alpha value is -0.340. The zero-order valence-corrected chi connectivity index (χ0v) is 17.6. The van der Waals surface area contributed by atoms with Crippen LogP contribution in [0.25, 0.3) is 0 Å². The predicted molar refractivity (Wildman–Crippen MR) is 110 cm³/mol. The molecular weight excluding hydrogens is 421 g/mol. The van der Waals surface area contributed by atoms with Gasteiger partial charge in [0.15, 0.2) is 5.96 Å². The molecule has 1 aliphatic rings. The molecule has 2 N–H and O–H groups in total. The lowest BCUT2D eigenvalue weighted by Crippen LogP contribution is -2.49. The summed E-state index contributed by atoms with van der Waals surface area (Å²) in [6, 6.07) is 4.27. The minimum atomic E-state index is -0.205. The van der Waals surface area contributed by atoms with Crippen molar-refractivity contribution in [3.05, 3.63) is 22.4 Å². The first-order valence-electron chi connectivity index (χ1n) is 8.17. The number of aliphatic hydroxyl groups is 1. The van der Waals surface area contributed by atoms with E-state index in [0.29, 0.717) is 0 Å². The Labute approximate surface area is 161 Å². The molecule has 1 heterocycles. The summed E-state index contributed by atoms with van der Waals surface area (Å²) < 4.78 is 0. The summed E-state index contributed by atoms with van der Waals surface area (Å²) in [4.78, 5) is 7.95. The van der Waals surface area contributed by atoms with Crippen LogP contribution in [0, 0.1) is 5.41 Å². The molecule has 23 heavy (non-hydrogen) atoms. The van der Waals surface area contributed by atoms with Crippen molar-refractivity contribution in [3.63, 3.8) is 0 Å². The number of guanidine groups is 1. The SMILES string of the molecule is CN=C(NCC1(C)CCCCC1O)N(C)CCc1cccs1.I. The van der Waals surface area contributed by atoms with E-state index in [1.807, 2.05) is 7.05 Å². The molecule has 2 rings (SSSR count). The standard InChI is InChI=1S/C17H29N3OS.HI/c1-17(10-5-4-8-15(17)21)13-19-16(18-2)20(3)11-9-14-7-6-12-22-14;/h6-7,12,15,21H,4-5,8-11,13H2,1-3H3,(H,18,19);1H. The monoisotopic (exact) mass is 451 g/mol.